The third-order valence-corrected chi connectivity index (χ3v) is 3.50. The van der Waals surface area contributed by atoms with E-state index in [1.54, 1.807) is 6.92 Å². The molecule has 0 bridgehead atoms. The van der Waals surface area contributed by atoms with Gasteiger partial charge in [0, 0.05) is 6.04 Å². The van der Waals surface area contributed by atoms with E-state index in [0.29, 0.717) is 0 Å². The van der Waals surface area contributed by atoms with Gasteiger partial charge in [-0.05, 0) is 31.6 Å². The molecule has 1 rings (SSSR count). The van der Waals surface area contributed by atoms with E-state index in [1.807, 2.05) is 0 Å². The summed E-state index contributed by atoms with van der Waals surface area (Å²) in [4.78, 5) is 11.8. The van der Waals surface area contributed by atoms with Crippen molar-refractivity contribution >= 4 is 11.7 Å². The number of carbonyl (C=O) groups is 1. The molecule has 5 heteroatoms. The van der Waals surface area contributed by atoms with E-state index < -0.39 is 5.92 Å². The fourth-order valence-electron chi connectivity index (χ4n) is 2.37. The van der Waals surface area contributed by atoms with Crippen LogP contribution in [0.4, 0.5) is 0 Å². The van der Waals surface area contributed by atoms with Crippen molar-refractivity contribution in [1.82, 2.24) is 5.32 Å². The van der Waals surface area contributed by atoms with Crippen molar-refractivity contribution in [2.75, 3.05) is 0 Å². The Morgan fingerprint density at radius 1 is 1.59 bits per heavy atom. The molecule has 0 saturated heterocycles. The fourth-order valence-corrected chi connectivity index (χ4v) is 2.37. The lowest BCUT2D eigenvalue weighted by Gasteiger charge is -2.35. The van der Waals surface area contributed by atoms with Crippen molar-refractivity contribution in [3.63, 3.8) is 0 Å². The summed E-state index contributed by atoms with van der Waals surface area (Å²) in [6, 6.07) is 0.209. The minimum Gasteiger partial charge on any atom is -0.409 e. The van der Waals surface area contributed by atoms with Gasteiger partial charge in [-0.2, -0.15) is 0 Å². The highest BCUT2D eigenvalue weighted by Gasteiger charge is 2.30. The van der Waals surface area contributed by atoms with Crippen LogP contribution in [0.3, 0.4) is 0 Å². The van der Waals surface area contributed by atoms with Crippen molar-refractivity contribution in [2.45, 2.75) is 52.5 Å². The molecule has 17 heavy (non-hydrogen) atoms. The molecule has 0 aromatic heterocycles. The standard InChI is InChI=1S/C12H23N3O2/c1-8(10(13)15-17)11(16)14-9-5-4-6-12(2,3)7-9/h8-9,17H,4-7H2,1-3H3,(H2,13,15)(H,14,16). The van der Waals surface area contributed by atoms with Crippen LogP contribution in [0.25, 0.3) is 0 Å². The van der Waals surface area contributed by atoms with Crippen LogP contribution in [0.1, 0.15) is 46.5 Å². The first-order chi connectivity index (χ1) is 7.85. The lowest BCUT2D eigenvalue weighted by Crippen LogP contribution is -2.45. The molecule has 2 unspecified atom stereocenters. The van der Waals surface area contributed by atoms with Crippen molar-refractivity contribution < 1.29 is 10.0 Å². The van der Waals surface area contributed by atoms with Crippen LogP contribution in [0.15, 0.2) is 5.16 Å². The maximum Gasteiger partial charge on any atom is 0.230 e. The van der Waals surface area contributed by atoms with E-state index in [4.69, 9.17) is 10.9 Å². The van der Waals surface area contributed by atoms with Gasteiger partial charge in [0.05, 0.1) is 5.92 Å². The number of amides is 1. The molecular weight excluding hydrogens is 218 g/mol. The molecule has 98 valence electrons. The molecule has 1 amide bonds. The second-order valence-electron chi connectivity index (χ2n) is 5.71. The first-order valence-electron chi connectivity index (χ1n) is 6.13. The second kappa shape index (κ2) is 5.38. The van der Waals surface area contributed by atoms with Crippen LogP contribution in [-0.4, -0.2) is 23.0 Å². The molecule has 5 nitrogen and oxygen atoms in total. The van der Waals surface area contributed by atoms with E-state index in [9.17, 15) is 4.79 Å². The Labute approximate surface area is 102 Å². The number of nitrogens with two attached hydrogens (primary N) is 1. The highest BCUT2D eigenvalue weighted by Crippen LogP contribution is 2.35. The highest BCUT2D eigenvalue weighted by molar-refractivity contribution is 6.01. The third-order valence-electron chi connectivity index (χ3n) is 3.50. The largest absolute Gasteiger partial charge is 0.409 e. The number of carbonyl (C=O) groups excluding carboxylic acids is 1. The zero-order valence-electron chi connectivity index (χ0n) is 10.9. The van der Waals surface area contributed by atoms with Gasteiger partial charge < -0.3 is 16.3 Å². The average Bonchev–Trinajstić information content (AvgIpc) is 2.25. The van der Waals surface area contributed by atoms with Gasteiger partial charge in [0.1, 0.15) is 0 Å². The lowest BCUT2D eigenvalue weighted by atomic mass is 9.75. The number of nitrogens with one attached hydrogen (secondary N) is 1. The Balaban J connectivity index is 2.51. The van der Waals surface area contributed by atoms with Crippen LogP contribution >= 0.6 is 0 Å². The maximum atomic E-state index is 11.8. The highest BCUT2D eigenvalue weighted by atomic mass is 16.4. The first kappa shape index (κ1) is 13.8. The van der Waals surface area contributed by atoms with Crippen LogP contribution in [0.5, 0.6) is 0 Å². The first-order valence-corrected chi connectivity index (χ1v) is 6.13. The summed E-state index contributed by atoms with van der Waals surface area (Å²) in [7, 11) is 0. The molecule has 1 aliphatic rings. The summed E-state index contributed by atoms with van der Waals surface area (Å²) in [5.74, 6) is -0.786. The Bertz CT molecular complexity index is 313. The molecule has 2 atom stereocenters. The smallest absolute Gasteiger partial charge is 0.230 e. The predicted molar refractivity (Wildman–Crippen MR) is 66.8 cm³/mol. The van der Waals surface area contributed by atoms with Gasteiger partial charge >= 0.3 is 0 Å². The van der Waals surface area contributed by atoms with Crippen LogP contribution in [-0.2, 0) is 4.79 Å². The van der Waals surface area contributed by atoms with E-state index in [0.717, 1.165) is 19.3 Å². The predicted octanol–water partition coefficient (Wildman–Crippen LogP) is 1.45. The quantitative estimate of drug-likeness (QED) is 0.302. The Kier molecular flexibility index (Phi) is 4.37. The Hall–Kier alpha value is -1.26. The number of nitrogens with zero attached hydrogens (tertiary/aromatic N) is 1. The molecule has 0 aromatic rings. The average molecular weight is 241 g/mol. The number of rotatable bonds is 3. The number of hydrogen-bond acceptors (Lipinski definition) is 3. The summed E-state index contributed by atoms with van der Waals surface area (Å²) in [5.41, 5.74) is 5.70. The minimum absolute atomic E-state index is 0.0439. The summed E-state index contributed by atoms with van der Waals surface area (Å²) in [5, 5.41) is 14.4. The van der Waals surface area contributed by atoms with Gasteiger partial charge in [0.25, 0.3) is 0 Å². The molecule has 0 spiro atoms. The molecule has 1 fully saturated rings. The molecule has 0 heterocycles. The molecule has 0 radical (unpaired) electrons. The van der Waals surface area contributed by atoms with E-state index in [2.05, 4.69) is 24.3 Å². The zero-order valence-corrected chi connectivity index (χ0v) is 10.9. The summed E-state index contributed by atoms with van der Waals surface area (Å²) in [6.45, 7) is 6.08. The lowest BCUT2D eigenvalue weighted by molar-refractivity contribution is -0.123. The van der Waals surface area contributed by atoms with Crippen LogP contribution in [0.2, 0.25) is 0 Å². The number of oxime groups is 1. The fraction of sp³-hybridized carbons (Fsp3) is 0.833. The molecule has 1 aliphatic carbocycles. The molecule has 0 aromatic carbocycles. The monoisotopic (exact) mass is 241 g/mol. The molecule has 0 aliphatic heterocycles. The van der Waals surface area contributed by atoms with E-state index >= 15 is 0 Å². The normalized spacial score (nSPS) is 26.3. The molecule has 1 saturated carbocycles. The van der Waals surface area contributed by atoms with Crippen molar-refractivity contribution in [3.05, 3.63) is 0 Å². The van der Waals surface area contributed by atoms with Crippen molar-refractivity contribution in [2.24, 2.45) is 22.2 Å². The summed E-state index contributed by atoms with van der Waals surface area (Å²) < 4.78 is 0. The topological polar surface area (TPSA) is 87.7 Å². The van der Waals surface area contributed by atoms with Gasteiger partial charge in [-0.15, -0.1) is 0 Å². The number of amidine groups is 1. The summed E-state index contributed by atoms with van der Waals surface area (Å²) in [6.07, 6.45) is 4.34. The second-order valence-corrected chi connectivity index (χ2v) is 5.71. The van der Waals surface area contributed by atoms with E-state index in [-0.39, 0.29) is 23.2 Å². The maximum absolute atomic E-state index is 11.8. The summed E-state index contributed by atoms with van der Waals surface area (Å²) >= 11 is 0. The minimum atomic E-state index is -0.579. The molecule has 4 N–H and O–H groups in total. The third kappa shape index (κ3) is 3.91. The van der Waals surface area contributed by atoms with Crippen molar-refractivity contribution in [3.8, 4) is 0 Å². The van der Waals surface area contributed by atoms with Gasteiger partial charge in [0.15, 0.2) is 5.84 Å². The number of hydrogen-bond donors (Lipinski definition) is 3. The Morgan fingerprint density at radius 3 is 2.76 bits per heavy atom. The SMILES string of the molecule is CC(C(=O)NC1CCCC(C)(C)C1)C(N)=NO. The zero-order chi connectivity index (χ0) is 13.1. The molecular formula is C12H23N3O2. The van der Waals surface area contributed by atoms with Gasteiger partial charge in [-0.3, -0.25) is 4.79 Å². The van der Waals surface area contributed by atoms with Gasteiger partial charge in [-0.25, -0.2) is 0 Å². The van der Waals surface area contributed by atoms with Gasteiger partial charge in [-0.1, -0.05) is 25.4 Å². The van der Waals surface area contributed by atoms with Crippen molar-refractivity contribution in [1.29, 1.82) is 0 Å². The van der Waals surface area contributed by atoms with Gasteiger partial charge in [0.2, 0.25) is 5.91 Å². The van der Waals surface area contributed by atoms with E-state index in [1.165, 1.54) is 6.42 Å². The van der Waals surface area contributed by atoms with Crippen LogP contribution < -0.4 is 11.1 Å². The van der Waals surface area contributed by atoms with Crippen LogP contribution in [0, 0.1) is 11.3 Å². The Morgan fingerprint density at radius 2 is 2.24 bits per heavy atom.